The van der Waals surface area contributed by atoms with Gasteiger partial charge in [0.1, 0.15) is 0 Å². The fourth-order valence-electron chi connectivity index (χ4n) is 4.18. The van der Waals surface area contributed by atoms with Crippen LogP contribution in [0.5, 0.6) is 0 Å². The summed E-state index contributed by atoms with van der Waals surface area (Å²) in [7, 11) is 2.03. The van der Waals surface area contributed by atoms with Gasteiger partial charge in [-0.2, -0.15) is 0 Å². The third kappa shape index (κ3) is 3.25. The zero-order valence-electron chi connectivity index (χ0n) is 12.8. The van der Waals surface area contributed by atoms with Crippen LogP contribution in [0.3, 0.4) is 0 Å². The number of aromatic nitrogens is 1. The Morgan fingerprint density at radius 3 is 2.90 bits per heavy atom. The fourth-order valence-corrected chi connectivity index (χ4v) is 4.41. The highest BCUT2D eigenvalue weighted by molar-refractivity contribution is 6.31. The summed E-state index contributed by atoms with van der Waals surface area (Å²) in [5.74, 6) is 0.585. The highest BCUT2D eigenvalue weighted by Crippen LogP contribution is 2.44. The normalized spacial score (nSPS) is 26.7. The van der Waals surface area contributed by atoms with Crippen LogP contribution in [-0.2, 0) is 4.74 Å². The van der Waals surface area contributed by atoms with Crippen molar-refractivity contribution in [2.24, 2.45) is 5.92 Å². The molecule has 0 aromatic carbocycles. The first-order chi connectivity index (χ1) is 10.2. The summed E-state index contributed by atoms with van der Waals surface area (Å²) >= 11 is 6.36. The summed E-state index contributed by atoms with van der Waals surface area (Å²) in [5, 5.41) is 4.25. The minimum Gasteiger partial charge on any atom is -0.375 e. The maximum absolute atomic E-state index is 6.36. The summed E-state index contributed by atoms with van der Waals surface area (Å²) in [4.78, 5) is 4.11. The molecule has 1 aromatic heterocycles. The van der Waals surface area contributed by atoms with Crippen molar-refractivity contribution in [3.8, 4) is 0 Å². The smallest absolute Gasteiger partial charge is 0.0686 e. The van der Waals surface area contributed by atoms with Crippen molar-refractivity contribution in [2.45, 2.75) is 56.6 Å². The van der Waals surface area contributed by atoms with Crippen LogP contribution in [0.25, 0.3) is 0 Å². The Hall–Kier alpha value is -0.640. The van der Waals surface area contributed by atoms with Crippen LogP contribution in [0.15, 0.2) is 18.5 Å². The molecule has 0 amide bonds. The van der Waals surface area contributed by atoms with Gasteiger partial charge in [0.15, 0.2) is 0 Å². The Kier molecular flexibility index (Phi) is 4.82. The van der Waals surface area contributed by atoms with Gasteiger partial charge in [0.2, 0.25) is 0 Å². The van der Waals surface area contributed by atoms with Gasteiger partial charge in [-0.15, -0.1) is 0 Å². The number of hydrogen-bond donors (Lipinski definition) is 1. The van der Waals surface area contributed by atoms with Crippen molar-refractivity contribution in [1.82, 2.24) is 10.3 Å². The Balaban J connectivity index is 1.79. The molecule has 1 spiro atoms. The summed E-state index contributed by atoms with van der Waals surface area (Å²) in [6.07, 6.45) is 12.3. The molecule has 1 saturated heterocycles. The molecule has 2 fully saturated rings. The molecule has 1 N–H and O–H groups in total. The van der Waals surface area contributed by atoms with Crippen molar-refractivity contribution >= 4 is 11.6 Å². The molecule has 2 unspecified atom stereocenters. The third-order valence-electron chi connectivity index (χ3n) is 5.22. The van der Waals surface area contributed by atoms with E-state index in [4.69, 9.17) is 16.3 Å². The van der Waals surface area contributed by atoms with Crippen molar-refractivity contribution in [3.05, 3.63) is 29.0 Å². The topological polar surface area (TPSA) is 34.2 Å². The van der Waals surface area contributed by atoms with Gasteiger partial charge in [-0.05, 0) is 50.3 Å². The number of ether oxygens (including phenoxy) is 1. The average molecular weight is 309 g/mol. The maximum Gasteiger partial charge on any atom is 0.0686 e. The highest BCUT2D eigenvalue weighted by atomic mass is 35.5. The minimum absolute atomic E-state index is 0.135. The first-order valence-electron chi connectivity index (χ1n) is 8.15. The molecular weight excluding hydrogens is 284 g/mol. The molecule has 2 heterocycles. The molecule has 2 aliphatic rings. The van der Waals surface area contributed by atoms with E-state index in [-0.39, 0.29) is 5.60 Å². The predicted molar refractivity (Wildman–Crippen MR) is 85.5 cm³/mol. The Morgan fingerprint density at radius 1 is 1.38 bits per heavy atom. The highest BCUT2D eigenvalue weighted by Gasteiger charge is 2.41. The largest absolute Gasteiger partial charge is 0.375 e. The molecule has 1 aliphatic carbocycles. The van der Waals surface area contributed by atoms with Crippen LogP contribution in [-0.4, -0.2) is 24.2 Å². The maximum atomic E-state index is 6.36. The van der Waals surface area contributed by atoms with E-state index in [0.29, 0.717) is 12.0 Å². The monoisotopic (exact) mass is 308 g/mol. The van der Waals surface area contributed by atoms with E-state index in [1.807, 2.05) is 19.3 Å². The third-order valence-corrected chi connectivity index (χ3v) is 5.53. The van der Waals surface area contributed by atoms with Gasteiger partial charge in [-0.25, -0.2) is 0 Å². The van der Waals surface area contributed by atoms with Crippen molar-refractivity contribution in [3.63, 3.8) is 0 Å². The summed E-state index contributed by atoms with van der Waals surface area (Å²) in [6.45, 7) is 0.881. The predicted octanol–water partition coefficient (Wildman–Crippen LogP) is 4.13. The van der Waals surface area contributed by atoms with Gasteiger partial charge in [0, 0.05) is 25.0 Å². The molecule has 3 nitrogen and oxygen atoms in total. The van der Waals surface area contributed by atoms with E-state index in [2.05, 4.69) is 10.3 Å². The van der Waals surface area contributed by atoms with Crippen molar-refractivity contribution in [2.75, 3.05) is 13.7 Å². The second-order valence-electron chi connectivity index (χ2n) is 6.51. The van der Waals surface area contributed by atoms with E-state index in [0.717, 1.165) is 24.5 Å². The van der Waals surface area contributed by atoms with Crippen LogP contribution in [0.1, 0.15) is 56.6 Å². The summed E-state index contributed by atoms with van der Waals surface area (Å²) in [5.41, 5.74) is 1.31. The number of pyridine rings is 1. The SMILES string of the molecule is CNC(c1ccncc1Cl)C1CCOC2(CCCCC2)C1. The molecule has 4 heteroatoms. The lowest BCUT2D eigenvalue weighted by Gasteiger charge is -2.45. The van der Waals surface area contributed by atoms with Crippen LogP contribution >= 0.6 is 11.6 Å². The van der Waals surface area contributed by atoms with E-state index in [1.54, 1.807) is 6.20 Å². The second-order valence-corrected chi connectivity index (χ2v) is 6.92. The van der Waals surface area contributed by atoms with Gasteiger partial charge in [0.05, 0.1) is 10.6 Å². The number of nitrogens with zero attached hydrogens (tertiary/aromatic N) is 1. The molecule has 3 rings (SSSR count). The molecule has 116 valence electrons. The van der Waals surface area contributed by atoms with Crippen LogP contribution in [0.4, 0.5) is 0 Å². The van der Waals surface area contributed by atoms with Crippen molar-refractivity contribution in [1.29, 1.82) is 0 Å². The lowest BCUT2D eigenvalue weighted by molar-refractivity contribution is -0.121. The van der Waals surface area contributed by atoms with Crippen molar-refractivity contribution < 1.29 is 4.74 Å². The molecule has 0 radical (unpaired) electrons. The van der Waals surface area contributed by atoms with Gasteiger partial charge >= 0.3 is 0 Å². The quantitative estimate of drug-likeness (QED) is 0.912. The molecular formula is C17H25ClN2O. The Bertz CT molecular complexity index is 468. The van der Waals surface area contributed by atoms with Crippen LogP contribution in [0.2, 0.25) is 5.02 Å². The molecule has 0 bridgehead atoms. The Labute approximate surface area is 132 Å². The molecule has 2 atom stereocenters. The number of nitrogens with one attached hydrogen (secondary N) is 1. The number of halogens is 1. The zero-order chi connectivity index (χ0) is 14.7. The first-order valence-corrected chi connectivity index (χ1v) is 8.52. The first kappa shape index (κ1) is 15.3. The van der Waals surface area contributed by atoms with E-state index < -0.39 is 0 Å². The molecule has 1 aliphatic heterocycles. The lowest BCUT2D eigenvalue weighted by Crippen LogP contribution is -2.44. The minimum atomic E-state index is 0.135. The van der Waals surface area contributed by atoms with E-state index in [9.17, 15) is 0 Å². The summed E-state index contributed by atoms with van der Waals surface area (Å²) in [6, 6.07) is 2.34. The summed E-state index contributed by atoms with van der Waals surface area (Å²) < 4.78 is 6.22. The van der Waals surface area contributed by atoms with Crippen LogP contribution < -0.4 is 5.32 Å². The Morgan fingerprint density at radius 2 is 2.19 bits per heavy atom. The second kappa shape index (κ2) is 6.64. The lowest BCUT2D eigenvalue weighted by atomic mass is 9.73. The van der Waals surface area contributed by atoms with Crippen LogP contribution in [0, 0.1) is 5.92 Å². The van der Waals surface area contributed by atoms with Gasteiger partial charge < -0.3 is 10.1 Å². The zero-order valence-corrected chi connectivity index (χ0v) is 13.5. The standard InChI is InChI=1S/C17H25ClN2O/c1-19-16(14-5-9-20-12-15(14)18)13-6-10-21-17(11-13)7-3-2-4-8-17/h5,9,12-13,16,19H,2-4,6-8,10-11H2,1H3. The van der Waals surface area contributed by atoms with E-state index >= 15 is 0 Å². The molecule has 1 aromatic rings. The number of rotatable bonds is 3. The van der Waals surface area contributed by atoms with Gasteiger partial charge in [-0.3, -0.25) is 4.98 Å². The van der Waals surface area contributed by atoms with E-state index in [1.165, 1.54) is 37.7 Å². The molecule has 1 saturated carbocycles. The van der Waals surface area contributed by atoms with Gasteiger partial charge in [-0.1, -0.05) is 30.9 Å². The number of hydrogen-bond acceptors (Lipinski definition) is 3. The van der Waals surface area contributed by atoms with Gasteiger partial charge in [0.25, 0.3) is 0 Å². The average Bonchev–Trinajstić information content (AvgIpc) is 2.51. The molecule has 21 heavy (non-hydrogen) atoms. The fraction of sp³-hybridized carbons (Fsp3) is 0.706.